The summed E-state index contributed by atoms with van der Waals surface area (Å²) in [6.07, 6.45) is 0. The maximum atomic E-state index is 5.38. The Morgan fingerprint density at radius 1 is 1.44 bits per heavy atom. The van der Waals surface area contributed by atoms with Gasteiger partial charge in [-0.25, -0.2) is 0 Å². The van der Waals surface area contributed by atoms with Crippen LogP contribution in [0, 0.1) is 0 Å². The Labute approximate surface area is 66.9 Å². The third-order valence-electron chi connectivity index (χ3n) is 1.53. The van der Waals surface area contributed by atoms with Gasteiger partial charge in [0.2, 0.25) is 0 Å². The lowest BCUT2D eigenvalue weighted by Crippen LogP contribution is -2.37. The smallest absolute Gasteiger partial charge is 0.101 e. The number of alkyl halides is 1. The second kappa shape index (κ2) is 3.74. The van der Waals surface area contributed by atoms with Crippen LogP contribution in [-0.4, -0.2) is 19.3 Å². The number of hydrogen-bond donors (Lipinski definition) is 0. The van der Waals surface area contributed by atoms with Gasteiger partial charge in [0.05, 0.1) is 8.07 Å². The first kappa shape index (κ1) is 9.66. The Hall–Kier alpha value is 0.657. The highest BCUT2D eigenvalue weighted by atomic mass is 79.9. The minimum atomic E-state index is -1.03. The van der Waals surface area contributed by atoms with Crippen LogP contribution in [0.4, 0.5) is 0 Å². The molecule has 0 radical (unpaired) electrons. The average Bonchev–Trinajstić information content (AvgIpc) is 1.64. The van der Waals surface area contributed by atoms with Crippen molar-refractivity contribution in [3.63, 3.8) is 0 Å². The second-order valence-corrected chi connectivity index (χ2v) is 9.29. The predicted octanol–water partition coefficient (Wildman–Crippen LogP) is 2.62. The van der Waals surface area contributed by atoms with Crippen molar-refractivity contribution >= 4 is 24.0 Å². The summed E-state index contributed by atoms with van der Waals surface area (Å²) < 4.78 is 5.38. The van der Waals surface area contributed by atoms with Crippen molar-refractivity contribution in [3.8, 4) is 0 Å². The van der Waals surface area contributed by atoms with Crippen molar-refractivity contribution in [3.05, 3.63) is 0 Å². The molecule has 0 heterocycles. The maximum absolute atomic E-state index is 5.38. The third-order valence-corrected chi connectivity index (χ3v) is 4.40. The summed E-state index contributed by atoms with van der Waals surface area (Å²) in [5, 5.41) is 0. The number of halogens is 1. The lowest BCUT2D eigenvalue weighted by molar-refractivity contribution is 0.161. The molecular formula is C6H15BrOSi. The van der Waals surface area contributed by atoms with Crippen LogP contribution >= 0.6 is 15.9 Å². The zero-order valence-corrected chi connectivity index (χ0v) is 9.16. The monoisotopic (exact) mass is 210 g/mol. The lowest BCUT2D eigenvalue weighted by Gasteiger charge is -2.23. The minimum Gasteiger partial charge on any atom is -0.371 e. The molecule has 0 saturated carbocycles. The Kier molecular flexibility index (Phi) is 4.01. The third kappa shape index (κ3) is 4.11. The standard InChI is InChI=1S/C6H15BrOSi/c1-6(8-5-7)9(2,3)4/h6H,5H2,1-4H3. The van der Waals surface area contributed by atoms with Crippen molar-refractivity contribution in [1.82, 2.24) is 0 Å². The molecule has 0 aliphatic carbocycles. The molecule has 9 heavy (non-hydrogen) atoms. The van der Waals surface area contributed by atoms with Gasteiger partial charge in [-0.2, -0.15) is 0 Å². The van der Waals surface area contributed by atoms with Gasteiger partial charge in [0.1, 0.15) is 5.52 Å². The first-order valence-electron chi connectivity index (χ1n) is 3.16. The fraction of sp³-hybridized carbons (Fsp3) is 1.00. The largest absolute Gasteiger partial charge is 0.371 e. The molecule has 0 aromatic carbocycles. The zero-order valence-electron chi connectivity index (χ0n) is 6.57. The quantitative estimate of drug-likeness (QED) is 0.515. The van der Waals surface area contributed by atoms with E-state index in [2.05, 4.69) is 42.5 Å². The van der Waals surface area contributed by atoms with Gasteiger partial charge in [0.25, 0.3) is 0 Å². The van der Waals surface area contributed by atoms with E-state index in [-0.39, 0.29) is 0 Å². The Balaban J connectivity index is 3.59. The Morgan fingerprint density at radius 3 is 2.00 bits per heavy atom. The Morgan fingerprint density at radius 2 is 1.89 bits per heavy atom. The summed E-state index contributed by atoms with van der Waals surface area (Å²) in [6, 6.07) is 0. The Bertz CT molecular complexity index is 79.6. The van der Waals surface area contributed by atoms with E-state index in [1.165, 1.54) is 0 Å². The molecule has 0 amide bonds. The molecule has 1 unspecified atom stereocenters. The van der Waals surface area contributed by atoms with E-state index in [9.17, 15) is 0 Å². The molecule has 0 saturated heterocycles. The van der Waals surface area contributed by atoms with E-state index in [0.717, 1.165) is 0 Å². The second-order valence-electron chi connectivity index (χ2n) is 3.28. The highest BCUT2D eigenvalue weighted by molar-refractivity contribution is 9.09. The van der Waals surface area contributed by atoms with Gasteiger partial charge < -0.3 is 4.74 Å². The van der Waals surface area contributed by atoms with Crippen molar-refractivity contribution in [2.24, 2.45) is 0 Å². The SMILES string of the molecule is CC(OCBr)[Si](C)(C)C. The summed E-state index contributed by atoms with van der Waals surface area (Å²) in [5.41, 5.74) is 1.12. The van der Waals surface area contributed by atoms with Crippen LogP contribution in [-0.2, 0) is 4.74 Å². The van der Waals surface area contributed by atoms with Crippen LogP contribution in [0.5, 0.6) is 0 Å². The summed E-state index contributed by atoms with van der Waals surface area (Å²) in [6.45, 7) is 9.06. The number of ether oxygens (including phenoxy) is 1. The molecule has 0 aliphatic heterocycles. The minimum absolute atomic E-state index is 0.455. The zero-order chi connectivity index (χ0) is 7.49. The van der Waals surface area contributed by atoms with Crippen LogP contribution < -0.4 is 0 Å². The normalized spacial score (nSPS) is 15.7. The molecule has 1 atom stereocenters. The maximum Gasteiger partial charge on any atom is 0.101 e. The van der Waals surface area contributed by atoms with Gasteiger partial charge in [-0.3, -0.25) is 0 Å². The van der Waals surface area contributed by atoms with E-state index in [0.29, 0.717) is 11.2 Å². The van der Waals surface area contributed by atoms with Gasteiger partial charge in [-0.05, 0) is 6.92 Å². The highest BCUT2D eigenvalue weighted by Gasteiger charge is 2.22. The molecule has 0 aromatic heterocycles. The van der Waals surface area contributed by atoms with Crippen molar-refractivity contribution in [2.45, 2.75) is 32.3 Å². The molecule has 0 aromatic rings. The molecule has 0 spiro atoms. The van der Waals surface area contributed by atoms with E-state index >= 15 is 0 Å². The molecule has 0 aliphatic rings. The summed E-state index contributed by atoms with van der Waals surface area (Å²) in [4.78, 5) is 0. The van der Waals surface area contributed by atoms with Crippen molar-refractivity contribution < 1.29 is 4.74 Å². The van der Waals surface area contributed by atoms with E-state index in [4.69, 9.17) is 4.74 Å². The van der Waals surface area contributed by atoms with Gasteiger partial charge in [0.15, 0.2) is 0 Å². The van der Waals surface area contributed by atoms with E-state index in [1.54, 1.807) is 0 Å². The fourth-order valence-electron chi connectivity index (χ4n) is 0.344. The molecular weight excluding hydrogens is 196 g/mol. The van der Waals surface area contributed by atoms with Gasteiger partial charge >= 0.3 is 0 Å². The van der Waals surface area contributed by atoms with Crippen molar-refractivity contribution in [2.75, 3.05) is 5.52 Å². The molecule has 3 heteroatoms. The molecule has 0 fully saturated rings. The molecule has 0 bridgehead atoms. The lowest BCUT2D eigenvalue weighted by atomic mass is 10.8. The summed E-state index contributed by atoms with van der Waals surface area (Å²) in [7, 11) is -1.03. The first-order valence-corrected chi connectivity index (χ1v) is 7.86. The van der Waals surface area contributed by atoms with Crippen molar-refractivity contribution in [1.29, 1.82) is 0 Å². The van der Waals surface area contributed by atoms with Crippen LogP contribution in [0.25, 0.3) is 0 Å². The van der Waals surface area contributed by atoms with Crippen LogP contribution in [0.1, 0.15) is 6.92 Å². The van der Waals surface area contributed by atoms with Crippen LogP contribution in [0.3, 0.4) is 0 Å². The fourth-order valence-corrected chi connectivity index (χ4v) is 1.57. The van der Waals surface area contributed by atoms with Crippen LogP contribution in [0.2, 0.25) is 19.6 Å². The molecule has 0 rings (SSSR count). The highest BCUT2D eigenvalue weighted by Crippen LogP contribution is 2.10. The van der Waals surface area contributed by atoms with E-state index < -0.39 is 8.07 Å². The summed E-state index contributed by atoms with van der Waals surface area (Å²) in [5.74, 6) is 0. The van der Waals surface area contributed by atoms with Gasteiger partial charge in [-0.15, -0.1) is 0 Å². The molecule has 56 valence electrons. The molecule has 1 nitrogen and oxygen atoms in total. The van der Waals surface area contributed by atoms with Gasteiger partial charge in [-0.1, -0.05) is 35.6 Å². The van der Waals surface area contributed by atoms with Gasteiger partial charge in [0, 0.05) is 5.73 Å². The molecule has 0 N–H and O–H groups in total. The topological polar surface area (TPSA) is 9.23 Å². The number of hydrogen-bond acceptors (Lipinski definition) is 1. The average molecular weight is 211 g/mol. The number of rotatable bonds is 3. The van der Waals surface area contributed by atoms with Crippen LogP contribution in [0.15, 0.2) is 0 Å². The first-order chi connectivity index (χ1) is 3.98. The predicted molar refractivity (Wildman–Crippen MR) is 47.7 cm³/mol. The van der Waals surface area contributed by atoms with E-state index in [1.807, 2.05) is 0 Å². The summed E-state index contributed by atoms with van der Waals surface area (Å²) >= 11 is 3.24.